The average molecular weight is 289 g/mol. The largest absolute Gasteiger partial charge is 0.354 e. The van der Waals surface area contributed by atoms with Gasteiger partial charge in [-0.25, -0.2) is 4.98 Å². The van der Waals surface area contributed by atoms with Crippen LogP contribution in [0, 0.1) is 0 Å². The molecule has 20 heavy (non-hydrogen) atoms. The van der Waals surface area contributed by atoms with Crippen LogP contribution in [0.15, 0.2) is 29.8 Å². The summed E-state index contributed by atoms with van der Waals surface area (Å²) in [7, 11) is 0. The molecule has 0 aliphatic heterocycles. The molecule has 106 valence electrons. The fraction of sp³-hybridized carbons (Fsp3) is 0.400. The van der Waals surface area contributed by atoms with Gasteiger partial charge in [-0.15, -0.1) is 11.3 Å². The lowest BCUT2D eigenvalue weighted by Crippen LogP contribution is -2.31. The van der Waals surface area contributed by atoms with Gasteiger partial charge < -0.3 is 5.32 Å². The van der Waals surface area contributed by atoms with Crippen molar-refractivity contribution in [2.45, 2.75) is 39.2 Å². The molecule has 1 N–H and O–H groups in total. The second kappa shape index (κ2) is 7.14. The van der Waals surface area contributed by atoms with Crippen LogP contribution in [-0.2, 0) is 11.2 Å². The Labute approximate surface area is 123 Å². The number of hydrogen-bond acceptors (Lipinski definition) is 4. The van der Waals surface area contributed by atoms with E-state index < -0.39 is 0 Å². The summed E-state index contributed by atoms with van der Waals surface area (Å²) in [5, 5.41) is 5.93. The molecule has 0 bridgehead atoms. The van der Waals surface area contributed by atoms with E-state index in [1.165, 1.54) is 0 Å². The number of nitrogens with zero attached hydrogens (tertiary/aromatic N) is 2. The van der Waals surface area contributed by atoms with Crippen LogP contribution in [-0.4, -0.2) is 21.9 Å². The number of nitrogens with one attached hydrogen (secondary N) is 1. The van der Waals surface area contributed by atoms with Gasteiger partial charge in [0.15, 0.2) is 0 Å². The minimum atomic E-state index is 0.0916. The Balaban J connectivity index is 1.89. The van der Waals surface area contributed by atoms with E-state index in [0.29, 0.717) is 12.8 Å². The second-order valence-electron chi connectivity index (χ2n) is 4.72. The molecular formula is C15H19N3OS. The zero-order valence-corrected chi connectivity index (χ0v) is 12.6. The number of thiazole rings is 1. The normalized spacial score (nSPS) is 12.1. The summed E-state index contributed by atoms with van der Waals surface area (Å²) in [5.74, 6) is 0.0916. The van der Waals surface area contributed by atoms with Crippen LogP contribution < -0.4 is 5.32 Å². The SMILES string of the molecule is CCC(C)NC(=O)CCc1nc(-c2ccccn2)cs1. The van der Waals surface area contributed by atoms with E-state index in [2.05, 4.69) is 22.2 Å². The smallest absolute Gasteiger partial charge is 0.220 e. The third kappa shape index (κ3) is 4.13. The highest BCUT2D eigenvalue weighted by atomic mass is 32.1. The molecule has 0 aliphatic rings. The second-order valence-corrected chi connectivity index (χ2v) is 5.66. The number of amides is 1. The van der Waals surface area contributed by atoms with Gasteiger partial charge in [-0.2, -0.15) is 0 Å². The maximum atomic E-state index is 11.7. The molecule has 0 spiro atoms. The Kier molecular flexibility index (Phi) is 5.24. The van der Waals surface area contributed by atoms with Gasteiger partial charge in [-0.1, -0.05) is 13.0 Å². The Morgan fingerprint density at radius 3 is 2.95 bits per heavy atom. The van der Waals surface area contributed by atoms with E-state index >= 15 is 0 Å². The molecule has 2 aromatic rings. The van der Waals surface area contributed by atoms with Crippen molar-refractivity contribution in [2.24, 2.45) is 0 Å². The molecular weight excluding hydrogens is 270 g/mol. The Morgan fingerprint density at radius 2 is 2.25 bits per heavy atom. The number of aromatic nitrogens is 2. The quantitative estimate of drug-likeness (QED) is 0.889. The third-order valence-corrected chi connectivity index (χ3v) is 3.97. The molecule has 0 saturated carbocycles. The van der Waals surface area contributed by atoms with Gasteiger partial charge in [-0.05, 0) is 25.5 Å². The minimum absolute atomic E-state index is 0.0916. The number of hydrogen-bond donors (Lipinski definition) is 1. The molecule has 2 heterocycles. The highest BCUT2D eigenvalue weighted by Gasteiger charge is 2.09. The van der Waals surface area contributed by atoms with Gasteiger partial charge in [0.2, 0.25) is 5.91 Å². The van der Waals surface area contributed by atoms with E-state index in [-0.39, 0.29) is 11.9 Å². The number of rotatable bonds is 6. The summed E-state index contributed by atoms with van der Waals surface area (Å²) in [6.07, 6.45) is 3.88. The minimum Gasteiger partial charge on any atom is -0.354 e. The molecule has 1 unspecified atom stereocenters. The lowest BCUT2D eigenvalue weighted by atomic mass is 10.2. The lowest BCUT2D eigenvalue weighted by molar-refractivity contribution is -0.121. The molecule has 4 nitrogen and oxygen atoms in total. The van der Waals surface area contributed by atoms with Crippen molar-refractivity contribution in [3.05, 3.63) is 34.8 Å². The number of aryl methyl sites for hydroxylation is 1. The maximum absolute atomic E-state index is 11.7. The summed E-state index contributed by atoms with van der Waals surface area (Å²) >= 11 is 1.58. The summed E-state index contributed by atoms with van der Waals surface area (Å²) in [6, 6.07) is 6.01. The van der Waals surface area contributed by atoms with Crippen molar-refractivity contribution >= 4 is 17.2 Å². The van der Waals surface area contributed by atoms with Crippen LogP contribution in [0.3, 0.4) is 0 Å². The van der Waals surface area contributed by atoms with E-state index in [0.717, 1.165) is 22.8 Å². The van der Waals surface area contributed by atoms with Gasteiger partial charge in [0.05, 0.1) is 16.4 Å². The molecule has 0 aromatic carbocycles. The van der Waals surface area contributed by atoms with Gasteiger partial charge in [0.1, 0.15) is 0 Å². The first-order valence-corrected chi connectivity index (χ1v) is 7.72. The van der Waals surface area contributed by atoms with Gasteiger partial charge in [0.25, 0.3) is 0 Å². The van der Waals surface area contributed by atoms with Crippen LogP contribution in [0.1, 0.15) is 31.7 Å². The van der Waals surface area contributed by atoms with Crippen molar-refractivity contribution in [2.75, 3.05) is 0 Å². The van der Waals surface area contributed by atoms with Gasteiger partial charge in [-0.3, -0.25) is 9.78 Å². The summed E-state index contributed by atoms with van der Waals surface area (Å²) in [6.45, 7) is 4.07. The molecule has 2 rings (SSSR count). The summed E-state index contributed by atoms with van der Waals surface area (Å²) in [5.41, 5.74) is 1.76. The number of carbonyl (C=O) groups is 1. The van der Waals surface area contributed by atoms with Crippen molar-refractivity contribution < 1.29 is 4.79 Å². The predicted octanol–water partition coefficient (Wildman–Crippen LogP) is 3.05. The standard InChI is InChI=1S/C15H19N3OS/c1-3-11(2)17-14(19)7-8-15-18-13(10-20-15)12-6-4-5-9-16-12/h4-6,9-11H,3,7-8H2,1-2H3,(H,17,19). The molecule has 1 atom stereocenters. The average Bonchev–Trinajstić information content (AvgIpc) is 2.95. The zero-order valence-electron chi connectivity index (χ0n) is 11.8. The fourth-order valence-electron chi connectivity index (χ4n) is 1.73. The Morgan fingerprint density at radius 1 is 1.40 bits per heavy atom. The van der Waals surface area contributed by atoms with Crippen LogP contribution >= 0.6 is 11.3 Å². The molecule has 2 aromatic heterocycles. The fourth-order valence-corrected chi connectivity index (χ4v) is 2.52. The van der Waals surface area contributed by atoms with Crippen molar-refractivity contribution in [1.82, 2.24) is 15.3 Å². The molecule has 0 radical (unpaired) electrons. The van der Waals surface area contributed by atoms with Gasteiger partial charge in [0, 0.05) is 30.5 Å². The van der Waals surface area contributed by atoms with Gasteiger partial charge >= 0.3 is 0 Å². The first-order chi connectivity index (χ1) is 9.69. The van der Waals surface area contributed by atoms with E-state index in [1.807, 2.05) is 30.5 Å². The first-order valence-electron chi connectivity index (χ1n) is 6.84. The van der Waals surface area contributed by atoms with Crippen molar-refractivity contribution in [3.63, 3.8) is 0 Å². The predicted molar refractivity (Wildman–Crippen MR) is 81.6 cm³/mol. The van der Waals surface area contributed by atoms with Crippen LogP contribution in [0.2, 0.25) is 0 Å². The summed E-state index contributed by atoms with van der Waals surface area (Å²) < 4.78 is 0. The lowest BCUT2D eigenvalue weighted by Gasteiger charge is -2.10. The first kappa shape index (κ1) is 14.7. The molecule has 0 saturated heterocycles. The van der Waals surface area contributed by atoms with E-state index in [1.54, 1.807) is 17.5 Å². The Hall–Kier alpha value is -1.75. The van der Waals surface area contributed by atoms with E-state index in [9.17, 15) is 4.79 Å². The molecule has 1 amide bonds. The van der Waals surface area contributed by atoms with Crippen molar-refractivity contribution in [1.29, 1.82) is 0 Å². The maximum Gasteiger partial charge on any atom is 0.220 e. The third-order valence-electron chi connectivity index (χ3n) is 3.06. The van der Waals surface area contributed by atoms with E-state index in [4.69, 9.17) is 0 Å². The van der Waals surface area contributed by atoms with Crippen LogP contribution in [0.4, 0.5) is 0 Å². The number of carbonyl (C=O) groups excluding carboxylic acids is 1. The Bertz CT molecular complexity index is 553. The molecule has 0 aliphatic carbocycles. The summed E-state index contributed by atoms with van der Waals surface area (Å²) in [4.78, 5) is 20.5. The molecule has 0 fully saturated rings. The topological polar surface area (TPSA) is 54.9 Å². The molecule has 5 heteroatoms. The van der Waals surface area contributed by atoms with Crippen LogP contribution in [0.5, 0.6) is 0 Å². The zero-order chi connectivity index (χ0) is 14.4. The highest BCUT2D eigenvalue weighted by Crippen LogP contribution is 2.20. The van der Waals surface area contributed by atoms with Crippen molar-refractivity contribution in [3.8, 4) is 11.4 Å². The monoisotopic (exact) mass is 289 g/mol. The highest BCUT2D eigenvalue weighted by molar-refractivity contribution is 7.09. The number of pyridine rings is 1. The van der Waals surface area contributed by atoms with Crippen LogP contribution in [0.25, 0.3) is 11.4 Å².